The minimum absolute atomic E-state index is 0.0772. The molecule has 0 aliphatic heterocycles. The number of nitrogens with zero attached hydrogens (tertiary/aromatic N) is 3. The van der Waals surface area contributed by atoms with Crippen LogP contribution >= 0.6 is 11.3 Å². The quantitative estimate of drug-likeness (QED) is 0.879. The monoisotopic (exact) mass is 263 g/mol. The third-order valence-electron chi connectivity index (χ3n) is 1.82. The van der Waals surface area contributed by atoms with Crippen LogP contribution in [-0.2, 0) is 6.54 Å². The van der Waals surface area contributed by atoms with Gasteiger partial charge in [-0.25, -0.2) is 4.98 Å². The van der Waals surface area contributed by atoms with Gasteiger partial charge in [-0.1, -0.05) is 0 Å². The molecule has 17 heavy (non-hydrogen) atoms. The number of alkyl halides is 3. The van der Waals surface area contributed by atoms with Crippen molar-refractivity contribution in [3.8, 4) is 10.7 Å². The van der Waals surface area contributed by atoms with E-state index >= 15 is 0 Å². The molecule has 0 radical (unpaired) electrons. The molecule has 2 heterocycles. The summed E-state index contributed by atoms with van der Waals surface area (Å²) in [4.78, 5) is 4.14. The number of rotatable bonds is 4. The maximum absolute atomic E-state index is 11.9. The first-order valence-electron chi connectivity index (χ1n) is 4.62. The van der Waals surface area contributed by atoms with Crippen LogP contribution in [0, 0.1) is 0 Å². The van der Waals surface area contributed by atoms with Crippen LogP contribution in [0.5, 0.6) is 0 Å². The second-order valence-corrected chi connectivity index (χ2v) is 4.08. The van der Waals surface area contributed by atoms with Crippen LogP contribution in [0.3, 0.4) is 0 Å². The van der Waals surface area contributed by atoms with Gasteiger partial charge in [-0.3, -0.25) is 0 Å². The molecule has 2 rings (SSSR count). The van der Waals surface area contributed by atoms with Crippen molar-refractivity contribution in [2.75, 3.05) is 6.54 Å². The molecule has 0 aromatic carbocycles. The summed E-state index contributed by atoms with van der Waals surface area (Å²) >= 11 is 1.31. The fraction of sp³-hybridized carbons (Fsp3) is 0.375. The summed E-state index contributed by atoms with van der Waals surface area (Å²) in [5.74, 6) is 0. The van der Waals surface area contributed by atoms with Gasteiger partial charge in [0.1, 0.15) is 10.7 Å². The first-order valence-corrected chi connectivity index (χ1v) is 5.50. The lowest BCUT2D eigenvalue weighted by atomic mass is 10.4. The average Bonchev–Trinajstić information content (AvgIpc) is 2.83. The van der Waals surface area contributed by atoms with Gasteiger partial charge in [0.05, 0.1) is 18.4 Å². The normalized spacial score (nSPS) is 11.9. The molecule has 2 N–H and O–H groups in total. The van der Waals surface area contributed by atoms with E-state index in [1.165, 1.54) is 17.5 Å². The van der Waals surface area contributed by atoms with E-state index in [-0.39, 0.29) is 6.54 Å². The molecule has 0 bridgehead atoms. The van der Waals surface area contributed by atoms with Crippen molar-refractivity contribution in [2.24, 2.45) is 0 Å². The molecule has 92 valence electrons. The molecule has 9 heteroatoms. The minimum atomic E-state index is -4.20. The molecule has 0 saturated heterocycles. The van der Waals surface area contributed by atoms with Crippen LogP contribution in [0.4, 0.5) is 13.2 Å². The summed E-state index contributed by atoms with van der Waals surface area (Å²) in [6, 6.07) is 0. The first-order chi connectivity index (χ1) is 8.04. The number of H-pyrrole nitrogens is 1. The van der Waals surface area contributed by atoms with Crippen LogP contribution in [0.25, 0.3) is 10.7 Å². The predicted octanol–water partition coefficient (Wildman–Crippen LogP) is 1.58. The Morgan fingerprint density at radius 1 is 1.41 bits per heavy atom. The van der Waals surface area contributed by atoms with E-state index in [0.717, 1.165) is 0 Å². The van der Waals surface area contributed by atoms with Gasteiger partial charge in [-0.05, 0) is 0 Å². The first kappa shape index (κ1) is 12.0. The Labute approximate surface area is 98.1 Å². The summed E-state index contributed by atoms with van der Waals surface area (Å²) in [6.07, 6.45) is -2.70. The van der Waals surface area contributed by atoms with Gasteiger partial charge in [0.15, 0.2) is 0 Å². The van der Waals surface area contributed by atoms with Gasteiger partial charge in [-0.15, -0.1) is 11.3 Å². The van der Waals surface area contributed by atoms with E-state index in [1.807, 2.05) is 0 Å². The molecule has 2 aromatic rings. The molecule has 0 aliphatic carbocycles. The van der Waals surface area contributed by atoms with Crippen LogP contribution in [0.2, 0.25) is 0 Å². The molecule has 0 amide bonds. The van der Waals surface area contributed by atoms with Crippen molar-refractivity contribution in [1.82, 2.24) is 25.7 Å². The van der Waals surface area contributed by atoms with Crippen molar-refractivity contribution in [2.45, 2.75) is 12.7 Å². The van der Waals surface area contributed by atoms with Crippen molar-refractivity contribution >= 4 is 11.3 Å². The number of nitrogens with one attached hydrogen (secondary N) is 2. The highest BCUT2D eigenvalue weighted by Gasteiger charge is 2.26. The van der Waals surface area contributed by atoms with Gasteiger partial charge < -0.3 is 5.32 Å². The van der Waals surface area contributed by atoms with Crippen LogP contribution in [0.15, 0.2) is 11.6 Å². The Hall–Kier alpha value is -1.48. The maximum atomic E-state index is 11.9. The Morgan fingerprint density at radius 2 is 2.24 bits per heavy atom. The minimum Gasteiger partial charge on any atom is -0.303 e. The van der Waals surface area contributed by atoms with Gasteiger partial charge in [-0.2, -0.15) is 28.6 Å². The van der Waals surface area contributed by atoms with Crippen LogP contribution in [-0.4, -0.2) is 33.1 Å². The van der Waals surface area contributed by atoms with E-state index < -0.39 is 12.7 Å². The van der Waals surface area contributed by atoms with E-state index in [9.17, 15) is 13.2 Å². The van der Waals surface area contributed by atoms with Gasteiger partial charge in [0, 0.05) is 11.9 Å². The SMILES string of the molecule is FC(F)(F)CNCc1csc(-c2cn[nH]n2)n1. The molecule has 0 spiro atoms. The molecule has 0 fully saturated rings. The van der Waals surface area contributed by atoms with Crippen molar-refractivity contribution < 1.29 is 13.2 Å². The average molecular weight is 263 g/mol. The summed E-state index contributed by atoms with van der Waals surface area (Å²) in [6.45, 7) is -0.947. The largest absolute Gasteiger partial charge is 0.401 e. The number of aromatic nitrogens is 4. The number of hydrogen-bond acceptors (Lipinski definition) is 5. The second kappa shape index (κ2) is 4.80. The van der Waals surface area contributed by atoms with E-state index in [1.54, 1.807) is 5.38 Å². The standard InChI is InChI=1S/C8H8F3N5S/c9-8(10,11)4-12-1-5-3-17-7(14-5)6-2-13-16-15-6/h2-3,12H,1,4H2,(H,13,15,16). The zero-order chi connectivity index (χ0) is 12.3. The Bertz CT molecular complexity index is 464. The highest BCUT2D eigenvalue weighted by Crippen LogP contribution is 2.20. The number of hydrogen-bond donors (Lipinski definition) is 2. The summed E-state index contributed by atoms with van der Waals surface area (Å²) in [5, 5.41) is 14.5. The molecule has 0 saturated carbocycles. The second-order valence-electron chi connectivity index (χ2n) is 3.22. The fourth-order valence-electron chi connectivity index (χ4n) is 1.14. The van der Waals surface area contributed by atoms with E-state index in [0.29, 0.717) is 16.4 Å². The zero-order valence-corrected chi connectivity index (χ0v) is 9.27. The number of aromatic amines is 1. The molecule has 5 nitrogen and oxygen atoms in total. The van der Waals surface area contributed by atoms with Gasteiger partial charge >= 0.3 is 6.18 Å². The highest BCUT2D eigenvalue weighted by molar-refractivity contribution is 7.13. The van der Waals surface area contributed by atoms with E-state index in [4.69, 9.17) is 0 Å². The Balaban J connectivity index is 1.91. The number of halogens is 3. The van der Waals surface area contributed by atoms with Crippen molar-refractivity contribution in [1.29, 1.82) is 0 Å². The van der Waals surface area contributed by atoms with Gasteiger partial charge in [0.2, 0.25) is 0 Å². The maximum Gasteiger partial charge on any atom is 0.401 e. The summed E-state index contributed by atoms with van der Waals surface area (Å²) in [7, 11) is 0. The summed E-state index contributed by atoms with van der Waals surface area (Å²) < 4.78 is 35.7. The molecule has 2 aromatic heterocycles. The molecule has 0 aliphatic rings. The Morgan fingerprint density at radius 3 is 2.88 bits per heavy atom. The molecule has 0 atom stereocenters. The third kappa shape index (κ3) is 3.49. The lowest BCUT2D eigenvalue weighted by Gasteiger charge is -2.06. The van der Waals surface area contributed by atoms with Crippen LogP contribution < -0.4 is 5.32 Å². The topological polar surface area (TPSA) is 66.5 Å². The van der Waals surface area contributed by atoms with Crippen molar-refractivity contribution in [3.63, 3.8) is 0 Å². The highest BCUT2D eigenvalue weighted by atomic mass is 32.1. The lowest BCUT2D eigenvalue weighted by molar-refractivity contribution is -0.125. The predicted molar refractivity (Wildman–Crippen MR) is 55.3 cm³/mol. The van der Waals surface area contributed by atoms with Crippen molar-refractivity contribution in [3.05, 3.63) is 17.3 Å². The van der Waals surface area contributed by atoms with E-state index in [2.05, 4.69) is 25.7 Å². The smallest absolute Gasteiger partial charge is 0.303 e. The fourth-order valence-corrected chi connectivity index (χ4v) is 1.92. The Kier molecular flexibility index (Phi) is 3.38. The third-order valence-corrected chi connectivity index (χ3v) is 2.73. The molecular weight excluding hydrogens is 255 g/mol. The van der Waals surface area contributed by atoms with Crippen LogP contribution in [0.1, 0.15) is 5.69 Å². The lowest BCUT2D eigenvalue weighted by Crippen LogP contribution is -2.28. The zero-order valence-electron chi connectivity index (χ0n) is 8.45. The van der Waals surface area contributed by atoms with Gasteiger partial charge in [0.25, 0.3) is 0 Å². The summed E-state index contributed by atoms with van der Waals surface area (Å²) in [5.41, 5.74) is 1.13. The molecule has 0 unspecified atom stereocenters. The number of thiazole rings is 1. The molecular formula is C8H8F3N5S.